The number of hydrogen-bond donors (Lipinski definition) is 1. The Labute approximate surface area is 95.2 Å². The van der Waals surface area contributed by atoms with Gasteiger partial charge < -0.3 is 10.2 Å². The highest BCUT2D eigenvalue weighted by Crippen LogP contribution is 2.40. The molecule has 1 aromatic rings. The Morgan fingerprint density at radius 1 is 1.47 bits per heavy atom. The zero-order chi connectivity index (χ0) is 10.4. The van der Waals surface area contributed by atoms with Gasteiger partial charge in [0, 0.05) is 19.1 Å². The molecule has 2 nitrogen and oxygen atoms in total. The first-order valence-corrected chi connectivity index (χ1v) is 5.94. The van der Waals surface area contributed by atoms with Crippen LogP contribution in [0.15, 0.2) is 12.1 Å². The van der Waals surface area contributed by atoms with Crippen LogP contribution in [-0.2, 0) is 0 Å². The van der Waals surface area contributed by atoms with E-state index in [4.69, 9.17) is 11.6 Å². The van der Waals surface area contributed by atoms with E-state index in [9.17, 15) is 0 Å². The highest BCUT2D eigenvalue weighted by molar-refractivity contribution is 6.34. The molecule has 0 radical (unpaired) electrons. The number of nitrogens with zero attached hydrogens (tertiary/aromatic N) is 1. The molecule has 0 bridgehead atoms. The van der Waals surface area contributed by atoms with Gasteiger partial charge in [-0.15, -0.1) is 0 Å². The van der Waals surface area contributed by atoms with E-state index in [2.05, 4.69) is 23.2 Å². The molecule has 1 fully saturated rings. The molecule has 2 heterocycles. The van der Waals surface area contributed by atoms with Crippen LogP contribution in [-0.4, -0.2) is 19.1 Å². The van der Waals surface area contributed by atoms with Gasteiger partial charge in [-0.05, 0) is 37.5 Å². The van der Waals surface area contributed by atoms with Crippen molar-refractivity contribution in [3.05, 3.63) is 22.7 Å². The molecule has 1 N–H and O–H groups in total. The molecule has 0 amide bonds. The monoisotopic (exact) mass is 222 g/mol. The van der Waals surface area contributed by atoms with Crippen LogP contribution in [0, 0.1) is 6.92 Å². The summed E-state index contributed by atoms with van der Waals surface area (Å²) in [5.41, 5.74) is 3.67. The van der Waals surface area contributed by atoms with Gasteiger partial charge in [-0.2, -0.15) is 0 Å². The van der Waals surface area contributed by atoms with E-state index < -0.39 is 0 Å². The Bertz CT molecular complexity index is 403. The third-order valence-corrected chi connectivity index (χ3v) is 3.71. The molecule has 1 unspecified atom stereocenters. The minimum Gasteiger partial charge on any atom is -0.380 e. The van der Waals surface area contributed by atoms with Crippen molar-refractivity contribution in [1.29, 1.82) is 0 Å². The molecule has 2 aliphatic rings. The zero-order valence-corrected chi connectivity index (χ0v) is 9.64. The number of nitrogens with one attached hydrogen (secondary N) is 1. The lowest BCUT2D eigenvalue weighted by Crippen LogP contribution is -2.39. The van der Waals surface area contributed by atoms with Crippen molar-refractivity contribution in [3.8, 4) is 0 Å². The van der Waals surface area contributed by atoms with Crippen LogP contribution in [0.2, 0.25) is 5.02 Å². The van der Waals surface area contributed by atoms with Crippen molar-refractivity contribution in [3.63, 3.8) is 0 Å². The highest BCUT2D eigenvalue weighted by Gasteiger charge is 2.30. The van der Waals surface area contributed by atoms with Gasteiger partial charge in [-0.1, -0.05) is 11.6 Å². The van der Waals surface area contributed by atoms with E-state index in [0.29, 0.717) is 6.04 Å². The lowest BCUT2D eigenvalue weighted by atomic mass is 10.1. The fourth-order valence-corrected chi connectivity index (χ4v) is 3.05. The molecule has 0 spiro atoms. The molecular formula is C12H15ClN2. The summed E-state index contributed by atoms with van der Waals surface area (Å²) in [7, 11) is 0. The predicted molar refractivity (Wildman–Crippen MR) is 65.0 cm³/mol. The van der Waals surface area contributed by atoms with Crippen LogP contribution in [0.25, 0.3) is 0 Å². The van der Waals surface area contributed by atoms with E-state index in [-0.39, 0.29) is 0 Å². The summed E-state index contributed by atoms with van der Waals surface area (Å²) < 4.78 is 0. The van der Waals surface area contributed by atoms with Crippen LogP contribution in [0.5, 0.6) is 0 Å². The smallest absolute Gasteiger partial charge is 0.0768 e. The van der Waals surface area contributed by atoms with Crippen LogP contribution < -0.4 is 10.2 Å². The molecule has 1 atom stereocenters. The number of anilines is 2. The molecule has 1 saturated heterocycles. The normalized spacial score (nSPS) is 23.3. The average Bonchev–Trinajstić information content (AvgIpc) is 2.65. The topological polar surface area (TPSA) is 15.3 Å². The van der Waals surface area contributed by atoms with Gasteiger partial charge in [0.05, 0.1) is 16.4 Å². The molecule has 80 valence electrons. The maximum atomic E-state index is 6.25. The lowest BCUT2D eigenvalue weighted by molar-refractivity contribution is 0.683. The number of aryl methyl sites for hydroxylation is 1. The summed E-state index contributed by atoms with van der Waals surface area (Å²) in [6, 6.07) is 4.95. The molecule has 3 heteroatoms. The van der Waals surface area contributed by atoms with Gasteiger partial charge in [0.1, 0.15) is 0 Å². The van der Waals surface area contributed by atoms with Crippen molar-refractivity contribution >= 4 is 23.0 Å². The summed E-state index contributed by atoms with van der Waals surface area (Å²) in [5, 5.41) is 4.31. The predicted octanol–water partition coefficient (Wildman–Crippen LogP) is 3.04. The molecule has 1 aromatic carbocycles. The second kappa shape index (κ2) is 3.31. The molecule has 0 saturated carbocycles. The largest absolute Gasteiger partial charge is 0.380 e. The summed E-state index contributed by atoms with van der Waals surface area (Å²) in [6.45, 7) is 4.32. The molecule has 3 rings (SSSR count). The van der Waals surface area contributed by atoms with Crippen LogP contribution >= 0.6 is 11.6 Å². The van der Waals surface area contributed by atoms with Gasteiger partial charge in [-0.3, -0.25) is 0 Å². The van der Waals surface area contributed by atoms with Crippen molar-refractivity contribution in [2.75, 3.05) is 23.3 Å². The lowest BCUT2D eigenvalue weighted by Gasteiger charge is -2.35. The number of benzene rings is 1. The first-order chi connectivity index (χ1) is 7.25. The van der Waals surface area contributed by atoms with Crippen LogP contribution in [0.1, 0.15) is 18.4 Å². The van der Waals surface area contributed by atoms with Gasteiger partial charge in [-0.25, -0.2) is 0 Å². The molecule has 15 heavy (non-hydrogen) atoms. The fraction of sp³-hybridized carbons (Fsp3) is 0.500. The fourth-order valence-electron chi connectivity index (χ4n) is 2.71. The van der Waals surface area contributed by atoms with E-state index in [1.807, 2.05) is 6.07 Å². The second-order valence-electron chi connectivity index (χ2n) is 4.51. The average molecular weight is 223 g/mol. The van der Waals surface area contributed by atoms with Gasteiger partial charge in [0.15, 0.2) is 0 Å². The minimum absolute atomic E-state index is 0.676. The quantitative estimate of drug-likeness (QED) is 0.726. The SMILES string of the molecule is Cc1cc(Cl)c2c(c1)N1CCCC1CN2. The Balaban J connectivity index is 2.12. The number of halogens is 1. The number of fused-ring (bicyclic) bond motifs is 3. The van der Waals surface area contributed by atoms with E-state index in [1.54, 1.807) is 0 Å². The maximum absolute atomic E-state index is 6.25. The first-order valence-electron chi connectivity index (χ1n) is 5.56. The summed E-state index contributed by atoms with van der Waals surface area (Å²) >= 11 is 6.25. The standard InChI is InChI=1S/C12H15ClN2/c1-8-5-10(13)12-11(6-8)15-4-2-3-9(15)7-14-12/h5-6,9,14H,2-4,7H2,1H3. The van der Waals surface area contributed by atoms with Gasteiger partial charge >= 0.3 is 0 Å². The Morgan fingerprint density at radius 3 is 3.20 bits per heavy atom. The van der Waals surface area contributed by atoms with Gasteiger partial charge in [0.25, 0.3) is 0 Å². The highest BCUT2D eigenvalue weighted by atomic mass is 35.5. The van der Waals surface area contributed by atoms with Crippen molar-refractivity contribution in [1.82, 2.24) is 0 Å². The van der Waals surface area contributed by atoms with E-state index >= 15 is 0 Å². The molecular weight excluding hydrogens is 208 g/mol. The third kappa shape index (κ3) is 1.39. The first kappa shape index (κ1) is 9.34. The summed E-state index contributed by atoms with van der Waals surface area (Å²) in [4.78, 5) is 2.50. The van der Waals surface area contributed by atoms with E-state index in [0.717, 1.165) is 17.3 Å². The maximum Gasteiger partial charge on any atom is 0.0768 e. The molecule has 0 aliphatic carbocycles. The second-order valence-corrected chi connectivity index (χ2v) is 4.92. The van der Waals surface area contributed by atoms with Crippen molar-refractivity contribution in [2.45, 2.75) is 25.8 Å². The van der Waals surface area contributed by atoms with Gasteiger partial charge in [0.2, 0.25) is 0 Å². The molecule has 2 aliphatic heterocycles. The Morgan fingerprint density at radius 2 is 2.33 bits per heavy atom. The molecule has 0 aromatic heterocycles. The van der Waals surface area contributed by atoms with Crippen LogP contribution in [0.4, 0.5) is 11.4 Å². The van der Waals surface area contributed by atoms with E-state index in [1.165, 1.54) is 30.6 Å². The number of rotatable bonds is 0. The van der Waals surface area contributed by atoms with Crippen molar-refractivity contribution in [2.24, 2.45) is 0 Å². The Hall–Kier alpha value is -0.890. The summed E-state index contributed by atoms with van der Waals surface area (Å²) in [6.07, 6.45) is 2.61. The number of hydrogen-bond acceptors (Lipinski definition) is 2. The van der Waals surface area contributed by atoms with Crippen LogP contribution in [0.3, 0.4) is 0 Å². The Kier molecular flexibility index (Phi) is 2.06. The third-order valence-electron chi connectivity index (χ3n) is 3.41. The summed E-state index contributed by atoms with van der Waals surface area (Å²) in [5.74, 6) is 0. The minimum atomic E-state index is 0.676. The van der Waals surface area contributed by atoms with Crippen molar-refractivity contribution < 1.29 is 0 Å². The zero-order valence-electron chi connectivity index (χ0n) is 8.89.